The number of rotatable bonds is 8. The van der Waals surface area contributed by atoms with Crippen molar-refractivity contribution in [2.24, 2.45) is 11.3 Å². The summed E-state index contributed by atoms with van der Waals surface area (Å²) < 4.78 is 18.6. The number of esters is 1. The molecular formula is C33H40FNO2. The van der Waals surface area contributed by atoms with Crippen molar-refractivity contribution in [3.63, 3.8) is 0 Å². The van der Waals surface area contributed by atoms with E-state index in [2.05, 4.69) is 68.1 Å². The molecule has 1 fully saturated rings. The summed E-state index contributed by atoms with van der Waals surface area (Å²) in [6, 6.07) is 24.1. The van der Waals surface area contributed by atoms with Crippen LogP contribution in [0.5, 0.6) is 0 Å². The number of halogens is 1. The Morgan fingerprint density at radius 2 is 1.57 bits per heavy atom. The van der Waals surface area contributed by atoms with Crippen LogP contribution in [0.1, 0.15) is 63.1 Å². The van der Waals surface area contributed by atoms with Gasteiger partial charge in [-0.2, -0.15) is 0 Å². The van der Waals surface area contributed by atoms with Crippen LogP contribution in [-0.4, -0.2) is 24.0 Å². The second kappa shape index (κ2) is 12.0. The number of nitrogens with zero attached hydrogens (tertiary/aromatic N) is 1. The molecule has 0 N–H and O–H groups in total. The van der Waals surface area contributed by atoms with Crippen LogP contribution in [0.25, 0.3) is 11.1 Å². The second-order valence-corrected chi connectivity index (χ2v) is 11.5. The van der Waals surface area contributed by atoms with E-state index in [0.717, 1.165) is 35.7 Å². The monoisotopic (exact) mass is 501 g/mol. The molecule has 0 aliphatic heterocycles. The van der Waals surface area contributed by atoms with Crippen LogP contribution in [0.15, 0.2) is 72.8 Å². The fourth-order valence-corrected chi connectivity index (χ4v) is 5.67. The molecule has 1 saturated carbocycles. The maximum Gasteiger partial charge on any atom is 0.309 e. The van der Waals surface area contributed by atoms with Crippen LogP contribution in [0.3, 0.4) is 0 Å². The van der Waals surface area contributed by atoms with Gasteiger partial charge in [0.1, 0.15) is 5.82 Å². The zero-order valence-electron chi connectivity index (χ0n) is 22.7. The molecule has 0 aromatic heterocycles. The van der Waals surface area contributed by atoms with Crippen molar-refractivity contribution in [3.05, 3.63) is 95.3 Å². The first-order chi connectivity index (χ1) is 17.7. The predicted octanol–water partition coefficient (Wildman–Crippen LogP) is 7.82. The molecule has 196 valence electrons. The van der Waals surface area contributed by atoms with Crippen molar-refractivity contribution in [2.45, 2.75) is 72.0 Å². The lowest BCUT2D eigenvalue weighted by molar-refractivity contribution is -0.139. The fraction of sp³-hybridized carbons (Fsp3) is 0.424. The molecule has 0 unspecified atom stereocenters. The number of hydrogen-bond donors (Lipinski definition) is 0. The van der Waals surface area contributed by atoms with Crippen LogP contribution in [0.4, 0.5) is 4.39 Å². The molecule has 0 heterocycles. The third-order valence-electron chi connectivity index (χ3n) is 7.95. The number of methoxy groups -OCH3 is 1. The largest absolute Gasteiger partial charge is 0.469 e. The minimum atomic E-state index is -0.265. The minimum Gasteiger partial charge on any atom is -0.469 e. The van der Waals surface area contributed by atoms with Crippen LogP contribution in [0.2, 0.25) is 0 Å². The third kappa shape index (κ3) is 7.29. The van der Waals surface area contributed by atoms with Gasteiger partial charge in [0, 0.05) is 19.1 Å². The SMILES string of the molecule is COC(=O)Cc1ccc(CN(Cc2ccccc2)C2CCC(C(C)(C)C)CC2)c(-c2ccc(F)cc2)c1. The van der Waals surface area contributed by atoms with Crippen molar-refractivity contribution >= 4 is 5.97 Å². The number of benzene rings is 3. The molecule has 0 saturated heterocycles. The molecule has 1 aliphatic rings. The van der Waals surface area contributed by atoms with Crippen molar-refractivity contribution < 1.29 is 13.9 Å². The molecule has 4 heteroatoms. The van der Waals surface area contributed by atoms with Gasteiger partial charge in [-0.15, -0.1) is 0 Å². The molecule has 4 rings (SSSR count). The second-order valence-electron chi connectivity index (χ2n) is 11.5. The van der Waals surface area contributed by atoms with Gasteiger partial charge in [-0.3, -0.25) is 9.69 Å². The van der Waals surface area contributed by atoms with E-state index < -0.39 is 0 Å². The van der Waals surface area contributed by atoms with Gasteiger partial charge >= 0.3 is 5.97 Å². The third-order valence-corrected chi connectivity index (χ3v) is 7.95. The standard InChI is InChI=1S/C33H40FNO2/c1-33(2,3)28-14-18-30(19-15-28)35(22-24-8-6-5-7-9-24)23-27-11-10-25(21-32(36)37-4)20-31(27)26-12-16-29(34)17-13-26/h5-13,16-17,20,28,30H,14-15,18-19,21-23H2,1-4H3. The van der Waals surface area contributed by atoms with E-state index in [4.69, 9.17) is 4.74 Å². The van der Waals surface area contributed by atoms with E-state index in [-0.39, 0.29) is 18.2 Å². The van der Waals surface area contributed by atoms with Crippen molar-refractivity contribution in [2.75, 3.05) is 7.11 Å². The summed E-state index contributed by atoms with van der Waals surface area (Å²) in [6.07, 6.45) is 5.11. The van der Waals surface area contributed by atoms with Crippen LogP contribution in [-0.2, 0) is 29.0 Å². The van der Waals surface area contributed by atoms with E-state index >= 15 is 0 Å². The molecule has 37 heavy (non-hydrogen) atoms. The average Bonchev–Trinajstić information content (AvgIpc) is 2.89. The summed E-state index contributed by atoms with van der Waals surface area (Å²) in [5, 5.41) is 0. The number of carbonyl (C=O) groups excluding carboxylic acids is 1. The summed E-state index contributed by atoms with van der Waals surface area (Å²) in [6.45, 7) is 8.78. The van der Waals surface area contributed by atoms with Gasteiger partial charge < -0.3 is 4.74 Å². The minimum absolute atomic E-state index is 0.218. The fourth-order valence-electron chi connectivity index (χ4n) is 5.67. The first kappa shape index (κ1) is 27.1. The Bertz CT molecular complexity index is 1160. The van der Waals surface area contributed by atoms with Gasteiger partial charge in [0.2, 0.25) is 0 Å². The van der Waals surface area contributed by atoms with Gasteiger partial charge in [-0.25, -0.2) is 4.39 Å². The maximum absolute atomic E-state index is 13.7. The molecular weight excluding hydrogens is 461 g/mol. The Morgan fingerprint density at radius 3 is 2.19 bits per heavy atom. The smallest absolute Gasteiger partial charge is 0.309 e. The summed E-state index contributed by atoms with van der Waals surface area (Å²) in [4.78, 5) is 14.6. The lowest BCUT2D eigenvalue weighted by atomic mass is 9.71. The van der Waals surface area contributed by atoms with Gasteiger partial charge in [0.25, 0.3) is 0 Å². The normalized spacial score (nSPS) is 18.1. The lowest BCUT2D eigenvalue weighted by Crippen LogP contribution is -2.39. The highest BCUT2D eigenvalue weighted by Crippen LogP contribution is 2.40. The topological polar surface area (TPSA) is 29.5 Å². The summed E-state index contributed by atoms with van der Waals surface area (Å²) in [7, 11) is 1.41. The number of hydrogen-bond acceptors (Lipinski definition) is 3. The molecule has 0 radical (unpaired) electrons. The number of ether oxygens (including phenoxy) is 1. The lowest BCUT2D eigenvalue weighted by Gasteiger charge is -2.41. The number of carbonyl (C=O) groups is 1. The Balaban J connectivity index is 1.65. The highest BCUT2D eigenvalue weighted by Gasteiger charge is 2.32. The van der Waals surface area contributed by atoms with Gasteiger partial charge in [-0.05, 0) is 77.0 Å². The molecule has 3 aromatic rings. The quantitative estimate of drug-likeness (QED) is 0.295. The summed E-state index contributed by atoms with van der Waals surface area (Å²) >= 11 is 0. The van der Waals surface area contributed by atoms with E-state index in [1.165, 1.54) is 56.1 Å². The maximum atomic E-state index is 13.7. The Hall–Kier alpha value is -2.98. The summed E-state index contributed by atoms with van der Waals surface area (Å²) in [5.74, 6) is 0.242. The molecule has 0 bridgehead atoms. The van der Waals surface area contributed by atoms with E-state index in [0.29, 0.717) is 11.5 Å². The zero-order valence-corrected chi connectivity index (χ0v) is 22.7. The molecule has 3 aromatic carbocycles. The van der Waals surface area contributed by atoms with Gasteiger partial charge in [0.15, 0.2) is 0 Å². The van der Waals surface area contributed by atoms with Crippen molar-refractivity contribution in [3.8, 4) is 11.1 Å². The zero-order chi connectivity index (χ0) is 26.4. The van der Waals surface area contributed by atoms with E-state index in [9.17, 15) is 9.18 Å². The van der Waals surface area contributed by atoms with Crippen molar-refractivity contribution in [1.82, 2.24) is 4.90 Å². The molecule has 0 amide bonds. The first-order valence-electron chi connectivity index (χ1n) is 13.5. The van der Waals surface area contributed by atoms with Crippen molar-refractivity contribution in [1.29, 1.82) is 0 Å². The highest BCUT2D eigenvalue weighted by molar-refractivity contribution is 5.75. The average molecular weight is 502 g/mol. The first-order valence-corrected chi connectivity index (χ1v) is 13.5. The van der Waals surface area contributed by atoms with Crippen LogP contribution in [0, 0.1) is 17.2 Å². The molecule has 1 aliphatic carbocycles. The van der Waals surface area contributed by atoms with Gasteiger partial charge in [0.05, 0.1) is 13.5 Å². The van der Waals surface area contributed by atoms with E-state index in [1.807, 2.05) is 18.2 Å². The Labute approximate surface area is 221 Å². The molecule has 3 nitrogen and oxygen atoms in total. The van der Waals surface area contributed by atoms with Gasteiger partial charge in [-0.1, -0.05) is 81.4 Å². The van der Waals surface area contributed by atoms with Crippen LogP contribution < -0.4 is 0 Å². The predicted molar refractivity (Wildman–Crippen MR) is 148 cm³/mol. The van der Waals surface area contributed by atoms with E-state index in [1.54, 1.807) is 0 Å². The summed E-state index contributed by atoms with van der Waals surface area (Å²) in [5.41, 5.74) is 5.75. The Kier molecular flexibility index (Phi) is 8.81. The van der Waals surface area contributed by atoms with Crippen LogP contribution >= 0.6 is 0 Å². The molecule has 0 spiro atoms. The molecule has 0 atom stereocenters. The highest BCUT2D eigenvalue weighted by atomic mass is 19.1. The Morgan fingerprint density at radius 1 is 0.892 bits per heavy atom.